The summed E-state index contributed by atoms with van der Waals surface area (Å²) in [7, 11) is 1.54. The molecule has 116 valence electrons. The van der Waals surface area contributed by atoms with Gasteiger partial charge in [0.1, 0.15) is 11.5 Å². The third-order valence-corrected chi connectivity index (χ3v) is 4.91. The summed E-state index contributed by atoms with van der Waals surface area (Å²) >= 11 is 1.66. The van der Waals surface area contributed by atoms with Gasteiger partial charge in [0.25, 0.3) is 5.91 Å². The molecule has 2 aliphatic heterocycles. The van der Waals surface area contributed by atoms with Gasteiger partial charge < -0.3 is 5.32 Å². The number of carbonyl (C=O) groups excluding carboxylic acids is 2. The summed E-state index contributed by atoms with van der Waals surface area (Å²) in [4.78, 5) is 24.7. The Balaban J connectivity index is 1.77. The first-order valence-electron chi connectivity index (χ1n) is 7.12. The van der Waals surface area contributed by atoms with Crippen molar-refractivity contribution in [1.82, 2.24) is 10.3 Å². The maximum absolute atomic E-state index is 13.5. The van der Waals surface area contributed by atoms with Crippen LogP contribution in [0.5, 0.6) is 0 Å². The fraction of sp³-hybridized carbons (Fsp3) is 0.400. The van der Waals surface area contributed by atoms with Crippen LogP contribution in [0, 0.1) is 5.82 Å². The van der Waals surface area contributed by atoms with E-state index in [1.807, 2.05) is 0 Å². The third kappa shape index (κ3) is 2.99. The van der Waals surface area contributed by atoms with Gasteiger partial charge in [-0.05, 0) is 30.2 Å². The van der Waals surface area contributed by atoms with Crippen molar-refractivity contribution in [2.24, 2.45) is 5.10 Å². The normalized spacial score (nSPS) is 21.2. The van der Waals surface area contributed by atoms with Crippen LogP contribution in [-0.4, -0.2) is 35.3 Å². The van der Waals surface area contributed by atoms with Gasteiger partial charge in [-0.15, -0.1) is 11.8 Å². The van der Waals surface area contributed by atoms with E-state index in [2.05, 4.69) is 10.4 Å². The van der Waals surface area contributed by atoms with E-state index in [9.17, 15) is 14.0 Å². The van der Waals surface area contributed by atoms with Crippen LogP contribution in [0.15, 0.2) is 28.2 Å². The number of hydrogen-bond acceptors (Lipinski definition) is 4. The summed E-state index contributed by atoms with van der Waals surface area (Å²) in [5, 5.41) is 8.13. The number of benzene rings is 1. The van der Waals surface area contributed by atoms with Gasteiger partial charge in [0, 0.05) is 30.5 Å². The zero-order valence-electron chi connectivity index (χ0n) is 12.1. The van der Waals surface area contributed by atoms with Gasteiger partial charge in [-0.3, -0.25) is 9.59 Å². The molecule has 5 nitrogen and oxygen atoms in total. The summed E-state index contributed by atoms with van der Waals surface area (Å²) in [5.74, 6) is 0.180. The second kappa shape index (κ2) is 6.08. The number of rotatable bonds is 2. The van der Waals surface area contributed by atoms with Crippen LogP contribution >= 0.6 is 11.8 Å². The van der Waals surface area contributed by atoms with E-state index in [0.29, 0.717) is 12.1 Å². The summed E-state index contributed by atoms with van der Waals surface area (Å²) in [6.45, 7) is 0. The molecule has 0 fully saturated rings. The lowest BCUT2D eigenvalue weighted by atomic mass is 10.0. The van der Waals surface area contributed by atoms with Crippen molar-refractivity contribution in [1.29, 1.82) is 0 Å². The van der Waals surface area contributed by atoms with E-state index >= 15 is 0 Å². The largest absolute Gasteiger partial charge is 0.344 e. The average Bonchev–Trinajstić information content (AvgIpc) is 2.50. The molecule has 0 spiro atoms. The lowest BCUT2D eigenvalue weighted by Crippen LogP contribution is -2.40. The lowest BCUT2D eigenvalue weighted by Gasteiger charge is -2.27. The molecular weight excluding hydrogens is 305 g/mol. The van der Waals surface area contributed by atoms with Crippen molar-refractivity contribution in [3.63, 3.8) is 0 Å². The van der Waals surface area contributed by atoms with Gasteiger partial charge in [-0.2, -0.15) is 5.10 Å². The Labute approximate surface area is 131 Å². The SMILES string of the molecule is CN1N=C(C(=O)NC2CCSc3ccc(F)cc32)CCC1=O. The first kappa shape index (κ1) is 15.0. The molecule has 0 radical (unpaired) electrons. The number of amides is 2. The van der Waals surface area contributed by atoms with Crippen LogP contribution in [0.2, 0.25) is 0 Å². The van der Waals surface area contributed by atoms with Crippen molar-refractivity contribution in [2.75, 3.05) is 12.8 Å². The Morgan fingerprint density at radius 1 is 1.45 bits per heavy atom. The number of nitrogens with one attached hydrogen (secondary N) is 1. The summed E-state index contributed by atoms with van der Waals surface area (Å²) in [5.41, 5.74) is 1.16. The van der Waals surface area contributed by atoms with Crippen LogP contribution in [0.1, 0.15) is 30.9 Å². The molecule has 2 amide bonds. The van der Waals surface area contributed by atoms with E-state index < -0.39 is 0 Å². The van der Waals surface area contributed by atoms with Crippen LogP contribution in [-0.2, 0) is 9.59 Å². The summed E-state index contributed by atoms with van der Waals surface area (Å²) in [6, 6.07) is 4.44. The zero-order chi connectivity index (χ0) is 15.7. The molecule has 22 heavy (non-hydrogen) atoms. The minimum Gasteiger partial charge on any atom is -0.344 e. The highest BCUT2D eigenvalue weighted by Crippen LogP contribution is 2.36. The molecule has 1 unspecified atom stereocenters. The van der Waals surface area contributed by atoms with Crippen LogP contribution < -0.4 is 5.32 Å². The second-order valence-electron chi connectivity index (χ2n) is 5.31. The highest BCUT2D eigenvalue weighted by Gasteiger charge is 2.27. The monoisotopic (exact) mass is 321 g/mol. The van der Waals surface area contributed by atoms with Crippen molar-refractivity contribution in [3.8, 4) is 0 Å². The smallest absolute Gasteiger partial charge is 0.267 e. The number of carbonyl (C=O) groups is 2. The Kier molecular flexibility index (Phi) is 4.15. The van der Waals surface area contributed by atoms with Gasteiger partial charge in [0.05, 0.1) is 6.04 Å². The van der Waals surface area contributed by atoms with E-state index in [1.54, 1.807) is 17.8 Å². The average molecular weight is 321 g/mol. The van der Waals surface area contributed by atoms with Crippen LogP contribution in [0.3, 0.4) is 0 Å². The third-order valence-electron chi connectivity index (χ3n) is 3.79. The molecule has 2 heterocycles. The molecule has 0 saturated carbocycles. The Bertz CT molecular complexity index is 662. The number of nitrogens with zero attached hydrogens (tertiary/aromatic N) is 2. The van der Waals surface area contributed by atoms with Crippen molar-refractivity contribution >= 4 is 29.3 Å². The first-order valence-corrected chi connectivity index (χ1v) is 8.10. The fourth-order valence-corrected chi connectivity index (χ4v) is 3.70. The number of halogens is 1. The molecule has 0 saturated heterocycles. The van der Waals surface area contributed by atoms with Gasteiger partial charge in [0.15, 0.2) is 0 Å². The predicted octanol–water partition coefficient (Wildman–Crippen LogP) is 2.09. The Hall–Kier alpha value is -1.89. The molecule has 1 aromatic rings. The quantitative estimate of drug-likeness (QED) is 0.907. The molecule has 7 heteroatoms. The molecular formula is C15H16FN3O2S. The highest BCUT2D eigenvalue weighted by atomic mass is 32.2. The number of thioether (sulfide) groups is 1. The van der Waals surface area contributed by atoms with Crippen molar-refractivity contribution in [3.05, 3.63) is 29.6 Å². The summed E-state index contributed by atoms with van der Waals surface area (Å²) in [6.07, 6.45) is 1.37. The molecule has 3 rings (SSSR count). The molecule has 0 aromatic heterocycles. The van der Waals surface area contributed by atoms with E-state index in [0.717, 1.165) is 22.6 Å². The van der Waals surface area contributed by atoms with Gasteiger partial charge in [-0.25, -0.2) is 9.40 Å². The molecule has 1 N–H and O–H groups in total. The lowest BCUT2D eigenvalue weighted by molar-refractivity contribution is -0.130. The van der Waals surface area contributed by atoms with Gasteiger partial charge in [-0.1, -0.05) is 0 Å². The van der Waals surface area contributed by atoms with Crippen LogP contribution in [0.4, 0.5) is 4.39 Å². The van der Waals surface area contributed by atoms with E-state index in [-0.39, 0.29) is 30.1 Å². The Morgan fingerprint density at radius 2 is 2.27 bits per heavy atom. The topological polar surface area (TPSA) is 61.8 Å². The molecule has 1 atom stereocenters. The van der Waals surface area contributed by atoms with Crippen molar-refractivity contribution in [2.45, 2.75) is 30.2 Å². The number of hydrogen-bond donors (Lipinski definition) is 1. The maximum Gasteiger partial charge on any atom is 0.267 e. The number of fused-ring (bicyclic) bond motifs is 1. The minimum absolute atomic E-state index is 0.0990. The highest BCUT2D eigenvalue weighted by molar-refractivity contribution is 7.99. The fourth-order valence-electron chi connectivity index (χ4n) is 2.59. The van der Waals surface area contributed by atoms with E-state index in [1.165, 1.54) is 24.2 Å². The molecule has 1 aromatic carbocycles. The summed E-state index contributed by atoms with van der Waals surface area (Å²) < 4.78 is 13.5. The van der Waals surface area contributed by atoms with Crippen molar-refractivity contribution < 1.29 is 14.0 Å². The standard InChI is InChI=1S/C15H16FN3O2S/c1-19-14(20)5-3-12(18-19)15(21)17-11-6-7-22-13-4-2-9(16)8-10(11)13/h2,4,8,11H,3,5-7H2,1H3,(H,17,21). The van der Waals surface area contributed by atoms with E-state index in [4.69, 9.17) is 0 Å². The van der Waals surface area contributed by atoms with Crippen LogP contribution in [0.25, 0.3) is 0 Å². The molecule has 2 aliphatic rings. The van der Waals surface area contributed by atoms with Gasteiger partial charge in [0.2, 0.25) is 5.91 Å². The second-order valence-corrected chi connectivity index (χ2v) is 6.45. The molecule has 0 bridgehead atoms. The maximum atomic E-state index is 13.5. The first-order chi connectivity index (χ1) is 10.5. The van der Waals surface area contributed by atoms with Gasteiger partial charge >= 0.3 is 0 Å². The molecule has 0 aliphatic carbocycles. The number of hydrazone groups is 1. The minimum atomic E-state index is -0.305. The zero-order valence-corrected chi connectivity index (χ0v) is 13.0. The Morgan fingerprint density at radius 3 is 3.05 bits per heavy atom. The predicted molar refractivity (Wildman–Crippen MR) is 82.1 cm³/mol.